The molecule has 0 spiro atoms. The van der Waals surface area contributed by atoms with E-state index >= 15 is 0 Å². The van der Waals surface area contributed by atoms with E-state index in [-0.39, 0.29) is 11.7 Å². The standard InChI is InChI=1S/C15H15IN2O2/c1-18(9-7-12-4-2-3-8-17-12)15(20)11-5-6-13(16)14(19)10-11/h2-6,8,10,19H,7,9H2,1H3. The molecule has 0 aliphatic carbocycles. The highest BCUT2D eigenvalue weighted by atomic mass is 127. The van der Waals surface area contributed by atoms with Gasteiger partial charge in [-0.3, -0.25) is 9.78 Å². The molecule has 0 unspecified atom stereocenters. The lowest BCUT2D eigenvalue weighted by molar-refractivity contribution is 0.0796. The summed E-state index contributed by atoms with van der Waals surface area (Å²) in [6.07, 6.45) is 2.45. The van der Waals surface area contributed by atoms with Crippen molar-refractivity contribution in [2.75, 3.05) is 13.6 Å². The number of carbonyl (C=O) groups is 1. The highest BCUT2D eigenvalue weighted by Gasteiger charge is 2.13. The lowest BCUT2D eigenvalue weighted by Gasteiger charge is -2.17. The number of aromatic nitrogens is 1. The summed E-state index contributed by atoms with van der Waals surface area (Å²) in [6, 6.07) is 10.7. The zero-order chi connectivity index (χ0) is 14.5. The number of pyridine rings is 1. The Labute approximate surface area is 131 Å². The van der Waals surface area contributed by atoms with E-state index < -0.39 is 0 Å². The van der Waals surface area contributed by atoms with Crippen molar-refractivity contribution in [2.24, 2.45) is 0 Å². The van der Waals surface area contributed by atoms with Crippen molar-refractivity contribution in [3.63, 3.8) is 0 Å². The van der Waals surface area contributed by atoms with Gasteiger partial charge in [0.15, 0.2) is 0 Å². The van der Waals surface area contributed by atoms with Crippen molar-refractivity contribution >= 4 is 28.5 Å². The Morgan fingerprint density at radius 2 is 2.15 bits per heavy atom. The SMILES string of the molecule is CN(CCc1ccccn1)C(=O)c1ccc(I)c(O)c1. The first-order valence-electron chi connectivity index (χ1n) is 6.22. The summed E-state index contributed by atoms with van der Waals surface area (Å²) in [5, 5.41) is 9.65. The molecule has 1 N–H and O–H groups in total. The Hall–Kier alpha value is -1.63. The highest BCUT2D eigenvalue weighted by Crippen LogP contribution is 2.21. The maximum Gasteiger partial charge on any atom is 0.253 e. The molecule has 1 heterocycles. The van der Waals surface area contributed by atoms with E-state index in [1.807, 2.05) is 40.8 Å². The van der Waals surface area contributed by atoms with Gasteiger partial charge in [-0.1, -0.05) is 6.07 Å². The Morgan fingerprint density at radius 1 is 1.35 bits per heavy atom. The second-order valence-electron chi connectivity index (χ2n) is 4.46. The minimum Gasteiger partial charge on any atom is -0.507 e. The molecule has 0 saturated heterocycles. The fourth-order valence-corrected chi connectivity index (χ4v) is 2.13. The van der Waals surface area contributed by atoms with Crippen LogP contribution in [0.1, 0.15) is 16.1 Å². The normalized spacial score (nSPS) is 10.3. The topological polar surface area (TPSA) is 53.4 Å². The van der Waals surface area contributed by atoms with Crippen LogP contribution in [0.5, 0.6) is 5.75 Å². The van der Waals surface area contributed by atoms with Crippen LogP contribution in [0.25, 0.3) is 0 Å². The number of halogens is 1. The lowest BCUT2D eigenvalue weighted by atomic mass is 10.2. The summed E-state index contributed by atoms with van der Waals surface area (Å²) < 4.78 is 0.732. The molecule has 4 nitrogen and oxygen atoms in total. The molecule has 0 fully saturated rings. The number of nitrogens with zero attached hydrogens (tertiary/aromatic N) is 2. The first kappa shape index (κ1) is 14.8. The van der Waals surface area contributed by atoms with E-state index in [2.05, 4.69) is 4.98 Å². The van der Waals surface area contributed by atoms with Crippen LogP contribution in [0.4, 0.5) is 0 Å². The first-order chi connectivity index (χ1) is 9.58. The van der Waals surface area contributed by atoms with Crippen LogP contribution >= 0.6 is 22.6 Å². The molecular formula is C15H15IN2O2. The number of hydrogen-bond acceptors (Lipinski definition) is 3. The Morgan fingerprint density at radius 3 is 2.80 bits per heavy atom. The zero-order valence-corrected chi connectivity index (χ0v) is 13.2. The van der Waals surface area contributed by atoms with Crippen LogP contribution in [-0.2, 0) is 6.42 Å². The molecule has 0 saturated carbocycles. The van der Waals surface area contributed by atoms with Crippen LogP contribution in [0, 0.1) is 3.57 Å². The molecule has 1 aromatic carbocycles. The van der Waals surface area contributed by atoms with Gasteiger partial charge in [0.25, 0.3) is 5.91 Å². The molecule has 0 radical (unpaired) electrons. The second-order valence-corrected chi connectivity index (χ2v) is 5.63. The third-order valence-corrected chi connectivity index (χ3v) is 3.88. The third kappa shape index (κ3) is 3.69. The Bertz CT molecular complexity index is 602. The Balaban J connectivity index is 1.99. The number of phenolic OH excluding ortho intramolecular Hbond substituents is 1. The van der Waals surface area contributed by atoms with E-state index in [0.717, 1.165) is 9.26 Å². The molecule has 104 valence electrons. The summed E-state index contributed by atoms with van der Waals surface area (Å²) in [5.41, 5.74) is 1.45. The number of amides is 1. The largest absolute Gasteiger partial charge is 0.507 e. The van der Waals surface area contributed by atoms with E-state index in [9.17, 15) is 9.90 Å². The fourth-order valence-electron chi connectivity index (χ4n) is 1.80. The van der Waals surface area contributed by atoms with Crippen LogP contribution < -0.4 is 0 Å². The van der Waals surface area contributed by atoms with Crippen LogP contribution in [-0.4, -0.2) is 34.5 Å². The quantitative estimate of drug-likeness (QED) is 0.828. The monoisotopic (exact) mass is 382 g/mol. The van der Waals surface area contributed by atoms with Crippen molar-refractivity contribution in [2.45, 2.75) is 6.42 Å². The van der Waals surface area contributed by atoms with Crippen LogP contribution in [0.2, 0.25) is 0 Å². The van der Waals surface area contributed by atoms with Gasteiger partial charge in [0.2, 0.25) is 0 Å². The van der Waals surface area contributed by atoms with Crippen molar-refractivity contribution in [1.82, 2.24) is 9.88 Å². The number of rotatable bonds is 4. The lowest BCUT2D eigenvalue weighted by Crippen LogP contribution is -2.29. The minimum absolute atomic E-state index is 0.104. The predicted octanol–water partition coefficient (Wildman–Crippen LogP) is 2.71. The second kappa shape index (κ2) is 6.69. The van der Waals surface area contributed by atoms with Gasteiger partial charge in [0, 0.05) is 37.5 Å². The molecule has 0 aliphatic heterocycles. The van der Waals surface area contributed by atoms with Crippen LogP contribution in [0.15, 0.2) is 42.6 Å². The highest BCUT2D eigenvalue weighted by molar-refractivity contribution is 14.1. The smallest absolute Gasteiger partial charge is 0.253 e. The average molecular weight is 382 g/mol. The summed E-state index contributed by atoms with van der Waals surface area (Å²) in [7, 11) is 1.75. The molecule has 2 aromatic rings. The van der Waals surface area contributed by atoms with E-state index in [4.69, 9.17) is 0 Å². The number of likely N-dealkylation sites (N-methyl/N-ethyl adjacent to an activating group) is 1. The van der Waals surface area contributed by atoms with Crippen molar-refractivity contribution < 1.29 is 9.90 Å². The van der Waals surface area contributed by atoms with Gasteiger partial charge in [0.05, 0.1) is 3.57 Å². The number of aromatic hydroxyl groups is 1. The summed E-state index contributed by atoms with van der Waals surface area (Å²) in [4.78, 5) is 18.1. The molecule has 2 rings (SSSR count). The van der Waals surface area contributed by atoms with Gasteiger partial charge in [0.1, 0.15) is 5.75 Å². The maximum absolute atomic E-state index is 12.2. The number of hydrogen-bond donors (Lipinski definition) is 1. The van der Waals surface area contributed by atoms with E-state index in [0.29, 0.717) is 18.5 Å². The molecule has 5 heteroatoms. The summed E-state index contributed by atoms with van der Waals surface area (Å²) in [6.45, 7) is 0.586. The predicted molar refractivity (Wildman–Crippen MR) is 85.7 cm³/mol. The fraction of sp³-hybridized carbons (Fsp3) is 0.200. The number of carbonyl (C=O) groups excluding carboxylic acids is 1. The van der Waals surface area contributed by atoms with Gasteiger partial charge in [-0.25, -0.2) is 0 Å². The molecule has 0 bridgehead atoms. The van der Waals surface area contributed by atoms with Gasteiger partial charge in [-0.15, -0.1) is 0 Å². The third-order valence-electron chi connectivity index (χ3n) is 2.97. The van der Waals surface area contributed by atoms with Gasteiger partial charge in [-0.05, 0) is 52.9 Å². The molecule has 20 heavy (non-hydrogen) atoms. The Kier molecular flexibility index (Phi) is 4.94. The van der Waals surface area contributed by atoms with Gasteiger partial charge < -0.3 is 10.0 Å². The zero-order valence-electron chi connectivity index (χ0n) is 11.1. The molecule has 0 atom stereocenters. The van der Waals surface area contributed by atoms with Gasteiger partial charge in [-0.2, -0.15) is 0 Å². The van der Waals surface area contributed by atoms with Crippen LogP contribution in [0.3, 0.4) is 0 Å². The molecule has 1 amide bonds. The van der Waals surface area contributed by atoms with Crippen molar-refractivity contribution in [3.8, 4) is 5.75 Å². The molecule has 1 aromatic heterocycles. The van der Waals surface area contributed by atoms with Crippen molar-refractivity contribution in [1.29, 1.82) is 0 Å². The van der Waals surface area contributed by atoms with Gasteiger partial charge >= 0.3 is 0 Å². The number of phenols is 1. The molecule has 0 aliphatic rings. The summed E-state index contributed by atoms with van der Waals surface area (Å²) >= 11 is 2.02. The average Bonchev–Trinajstić information content (AvgIpc) is 2.48. The van der Waals surface area contributed by atoms with E-state index in [1.54, 1.807) is 30.3 Å². The minimum atomic E-state index is -0.104. The maximum atomic E-state index is 12.2. The first-order valence-corrected chi connectivity index (χ1v) is 7.29. The molecular weight excluding hydrogens is 367 g/mol. The van der Waals surface area contributed by atoms with E-state index in [1.165, 1.54) is 6.07 Å². The van der Waals surface area contributed by atoms with Crippen molar-refractivity contribution in [3.05, 3.63) is 57.4 Å². The number of benzene rings is 1. The summed E-state index contributed by atoms with van der Waals surface area (Å²) in [5.74, 6) is 0.0298.